The van der Waals surface area contributed by atoms with Crippen molar-refractivity contribution < 1.29 is 5.11 Å². The molecule has 0 fully saturated rings. The predicted octanol–water partition coefficient (Wildman–Crippen LogP) is 4.86. The van der Waals surface area contributed by atoms with Gasteiger partial charge in [-0.3, -0.25) is 0 Å². The van der Waals surface area contributed by atoms with Crippen molar-refractivity contribution in [2.75, 3.05) is 0 Å². The van der Waals surface area contributed by atoms with Gasteiger partial charge in [-0.05, 0) is 40.8 Å². The number of hydrogen-bond acceptors (Lipinski definition) is 1. The fourth-order valence-electron chi connectivity index (χ4n) is 2.44. The van der Waals surface area contributed by atoms with E-state index in [1.165, 1.54) is 0 Å². The summed E-state index contributed by atoms with van der Waals surface area (Å²) in [6, 6.07) is 13.5. The first-order chi connectivity index (χ1) is 9.16. The van der Waals surface area contributed by atoms with Crippen LogP contribution in [0.3, 0.4) is 0 Å². The lowest BCUT2D eigenvalue weighted by Gasteiger charge is -2.22. The predicted molar refractivity (Wildman–Crippen MR) is 79.6 cm³/mol. The molecule has 0 saturated heterocycles. The van der Waals surface area contributed by atoms with Gasteiger partial charge >= 0.3 is 0 Å². The second kappa shape index (κ2) is 5.01. The minimum absolute atomic E-state index is 0.428. The number of aliphatic hydroxyl groups is 1. The van der Waals surface area contributed by atoms with Crippen LogP contribution in [-0.2, 0) is 0 Å². The zero-order valence-electron chi connectivity index (χ0n) is 10.1. The number of rotatable bonds is 1. The summed E-state index contributed by atoms with van der Waals surface area (Å²) in [7, 11) is 0. The third-order valence-corrected chi connectivity index (χ3v) is 4.12. The molecule has 96 valence electrons. The van der Waals surface area contributed by atoms with Crippen molar-refractivity contribution in [3.05, 3.63) is 75.3 Å². The van der Waals surface area contributed by atoms with Crippen molar-refractivity contribution in [3.8, 4) is 0 Å². The molecular formula is C16H12Cl2O. The Morgan fingerprint density at radius 1 is 1.00 bits per heavy atom. The van der Waals surface area contributed by atoms with Gasteiger partial charge in [-0.2, -0.15) is 0 Å². The minimum Gasteiger partial charge on any atom is -0.388 e. The Balaban J connectivity index is 2.13. The SMILES string of the molecule is O[C@@H]1CC=C(c2ccc(Cl)c(Cl)c2)c2ccccc21. The van der Waals surface area contributed by atoms with Gasteiger partial charge < -0.3 is 5.11 Å². The number of hydrogen-bond donors (Lipinski definition) is 1. The average molecular weight is 291 g/mol. The molecule has 0 aromatic heterocycles. The minimum atomic E-state index is -0.428. The highest BCUT2D eigenvalue weighted by Crippen LogP contribution is 2.37. The first-order valence-electron chi connectivity index (χ1n) is 6.10. The van der Waals surface area contributed by atoms with Gasteiger partial charge in [0.1, 0.15) is 0 Å². The van der Waals surface area contributed by atoms with Crippen LogP contribution < -0.4 is 0 Å². The Hall–Kier alpha value is -1.28. The molecule has 1 nitrogen and oxygen atoms in total. The maximum atomic E-state index is 10.0. The number of aliphatic hydroxyl groups excluding tert-OH is 1. The van der Waals surface area contributed by atoms with Crippen LogP contribution in [0.4, 0.5) is 0 Å². The van der Waals surface area contributed by atoms with Gasteiger partial charge in [0, 0.05) is 0 Å². The van der Waals surface area contributed by atoms with E-state index in [-0.39, 0.29) is 0 Å². The number of benzene rings is 2. The van der Waals surface area contributed by atoms with E-state index >= 15 is 0 Å². The van der Waals surface area contributed by atoms with E-state index in [0.717, 1.165) is 22.3 Å². The van der Waals surface area contributed by atoms with Gasteiger partial charge in [0.15, 0.2) is 0 Å². The van der Waals surface area contributed by atoms with E-state index in [0.29, 0.717) is 16.5 Å². The summed E-state index contributed by atoms with van der Waals surface area (Å²) in [5, 5.41) is 11.1. The molecule has 0 saturated carbocycles. The Morgan fingerprint density at radius 2 is 1.79 bits per heavy atom. The monoisotopic (exact) mass is 290 g/mol. The van der Waals surface area contributed by atoms with Crippen LogP contribution in [0.15, 0.2) is 48.5 Å². The molecule has 3 rings (SSSR count). The van der Waals surface area contributed by atoms with Gasteiger partial charge in [0.2, 0.25) is 0 Å². The largest absolute Gasteiger partial charge is 0.388 e. The molecule has 0 unspecified atom stereocenters. The summed E-state index contributed by atoms with van der Waals surface area (Å²) >= 11 is 12.0. The molecule has 0 radical (unpaired) electrons. The maximum absolute atomic E-state index is 10.0. The molecule has 2 aromatic carbocycles. The summed E-state index contributed by atoms with van der Waals surface area (Å²) in [6.45, 7) is 0. The lowest BCUT2D eigenvalue weighted by atomic mass is 9.85. The van der Waals surface area contributed by atoms with Gasteiger partial charge in [-0.15, -0.1) is 0 Å². The fourth-order valence-corrected chi connectivity index (χ4v) is 2.73. The molecule has 1 aliphatic carbocycles. The molecule has 0 amide bonds. The lowest BCUT2D eigenvalue weighted by Crippen LogP contribution is -2.06. The third-order valence-electron chi connectivity index (χ3n) is 3.39. The molecule has 19 heavy (non-hydrogen) atoms. The smallest absolute Gasteiger partial charge is 0.0830 e. The third kappa shape index (κ3) is 2.30. The van der Waals surface area contributed by atoms with Gasteiger partial charge in [0.25, 0.3) is 0 Å². The topological polar surface area (TPSA) is 20.2 Å². The van der Waals surface area contributed by atoms with E-state index in [4.69, 9.17) is 23.2 Å². The summed E-state index contributed by atoms with van der Waals surface area (Å²) < 4.78 is 0. The summed E-state index contributed by atoms with van der Waals surface area (Å²) in [5.41, 5.74) is 4.14. The van der Waals surface area contributed by atoms with E-state index in [1.807, 2.05) is 42.5 Å². The highest BCUT2D eigenvalue weighted by Gasteiger charge is 2.20. The van der Waals surface area contributed by atoms with Crippen LogP contribution >= 0.6 is 23.2 Å². The van der Waals surface area contributed by atoms with Crippen molar-refractivity contribution in [1.82, 2.24) is 0 Å². The molecule has 1 N–H and O–H groups in total. The second-order valence-electron chi connectivity index (χ2n) is 4.59. The Bertz CT molecular complexity index is 662. The zero-order valence-corrected chi connectivity index (χ0v) is 11.6. The molecule has 0 heterocycles. The Kier molecular flexibility index (Phi) is 3.36. The molecule has 1 atom stereocenters. The highest BCUT2D eigenvalue weighted by atomic mass is 35.5. The van der Waals surface area contributed by atoms with E-state index in [1.54, 1.807) is 6.07 Å². The van der Waals surface area contributed by atoms with E-state index in [9.17, 15) is 5.11 Å². The second-order valence-corrected chi connectivity index (χ2v) is 5.40. The van der Waals surface area contributed by atoms with E-state index < -0.39 is 6.10 Å². The molecule has 0 aliphatic heterocycles. The molecule has 0 bridgehead atoms. The quantitative estimate of drug-likeness (QED) is 0.795. The first kappa shape index (κ1) is 12.7. The van der Waals surface area contributed by atoms with Crippen LogP contribution in [0.25, 0.3) is 5.57 Å². The first-order valence-corrected chi connectivity index (χ1v) is 6.85. The maximum Gasteiger partial charge on any atom is 0.0830 e. The molecule has 0 spiro atoms. The summed E-state index contributed by atoms with van der Waals surface area (Å²) in [4.78, 5) is 0. The van der Waals surface area contributed by atoms with Crippen molar-refractivity contribution in [2.45, 2.75) is 12.5 Å². The van der Waals surface area contributed by atoms with Crippen LogP contribution in [0.5, 0.6) is 0 Å². The summed E-state index contributed by atoms with van der Waals surface area (Å²) in [6.07, 6.45) is 2.24. The van der Waals surface area contributed by atoms with Crippen molar-refractivity contribution in [2.24, 2.45) is 0 Å². The van der Waals surface area contributed by atoms with Crippen molar-refractivity contribution in [3.63, 3.8) is 0 Å². The van der Waals surface area contributed by atoms with Gasteiger partial charge in [0.05, 0.1) is 16.1 Å². The zero-order chi connectivity index (χ0) is 13.4. The number of fused-ring (bicyclic) bond motifs is 1. The Morgan fingerprint density at radius 3 is 2.58 bits per heavy atom. The van der Waals surface area contributed by atoms with E-state index in [2.05, 4.69) is 0 Å². The molecule has 2 aromatic rings. The average Bonchev–Trinajstić information content (AvgIpc) is 2.43. The number of halogens is 2. The highest BCUT2D eigenvalue weighted by molar-refractivity contribution is 6.42. The standard InChI is InChI=1S/C16H12Cl2O/c17-14-7-5-10(9-15(14)18)11-6-8-16(19)13-4-2-1-3-12(11)13/h1-7,9,16,19H,8H2/t16-/m1/s1. The Labute approximate surface area is 122 Å². The van der Waals surface area contributed by atoms with Crippen molar-refractivity contribution >= 4 is 28.8 Å². The van der Waals surface area contributed by atoms with Crippen LogP contribution in [0.2, 0.25) is 10.0 Å². The fraction of sp³-hybridized carbons (Fsp3) is 0.125. The van der Waals surface area contributed by atoms with Crippen LogP contribution in [0.1, 0.15) is 29.2 Å². The lowest BCUT2D eigenvalue weighted by molar-refractivity contribution is 0.180. The van der Waals surface area contributed by atoms with Crippen molar-refractivity contribution in [1.29, 1.82) is 0 Å². The molecule has 3 heteroatoms. The molecule has 1 aliphatic rings. The normalized spacial score (nSPS) is 17.8. The summed E-state index contributed by atoms with van der Waals surface area (Å²) in [5.74, 6) is 0. The van der Waals surface area contributed by atoms with Crippen LogP contribution in [-0.4, -0.2) is 5.11 Å². The van der Waals surface area contributed by atoms with Gasteiger partial charge in [-0.1, -0.05) is 59.6 Å². The molecular weight excluding hydrogens is 279 g/mol. The van der Waals surface area contributed by atoms with Gasteiger partial charge in [-0.25, -0.2) is 0 Å². The van der Waals surface area contributed by atoms with Crippen LogP contribution in [0, 0.1) is 0 Å².